The lowest BCUT2D eigenvalue weighted by Crippen LogP contribution is -2.47. The highest BCUT2D eigenvalue weighted by atomic mass is 16.7. The average Bonchev–Trinajstić information content (AvgIpc) is 3.54. The van der Waals surface area contributed by atoms with Gasteiger partial charge in [0.1, 0.15) is 5.75 Å². The normalized spacial score (nSPS) is 20.8. The molecule has 4 atom stereocenters. The number of aliphatic hydroxyl groups excluding tert-OH is 1. The Morgan fingerprint density at radius 2 is 1.77 bits per heavy atom. The second-order valence-electron chi connectivity index (χ2n) is 13.1. The molecule has 48 heavy (non-hydrogen) atoms. The van der Waals surface area contributed by atoms with E-state index in [1.54, 1.807) is 23.1 Å². The SMILES string of the molecule is C[C@@H]1CN([C@@H](C)CO)C(=O)c2cc(NC(=O)Cc3ccccc3)ccc2O[C@@H](C)CCCCO[C@H]1CN(C)Cc1ccc2c(c1)OCO2. The van der Waals surface area contributed by atoms with E-state index in [2.05, 4.69) is 24.2 Å². The molecule has 0 fully saturated rings. The fraction of sp³-hybridized carbons (Fsp3) is 0.474. The Hall–Kier alpha value is -4.12. The molecule has 2 heterocycles. The van der Waals surface area contributed by atoms with E-state index in [-0.39, 0.29) is 49.8 Å². The third-order valence-electron chi connectivity index (χ3n) is 8.92. The van der Waals surface area contributed by atoms with Crippen molar-refractivity contribution in [3.63, 3.8) is 0 Å². The lowest BCUT2D eigenvalue weighted by molar-refractivity contribution is -0.115. The van der Waals surface area contributed by atoms with Gasteiger partial charge in [0.15, 0.2) is 11.5 Å². The topological polar surface area (TPSA) is 110 Å². The van der Waals surface area contributed by atoms with Crippen LogP contribution in [0.15, 0.2) is 66.7 Å². The number of carbonyl (C=O) groups excluding carboxylic acids is 2. The van der Waals surface area contributed by atoms with Gasteiger partial charge >= 0.3 is 0 Å². The maximum absolute atomic E-state index is 14.4. The molecular formula is C38H49N3O7. The monoisotopic (exact) mass is 659 g/mol. The molecule has 258 valence electrons. The van der Waals surface area contributed by atoms with Gasteiger partial charge in [-0.2, -0.15) is 0 Å². The van der Waals surface area contributed by atoms with Crippen molar-refractivity contribution in [2.24, 2.45) is 5.92 Å². The number of aliphatic hydroxyl groups is 1. The van der Waals surface area contributed by atoms with E-state index in [0.717, 1.165) is 41.9 Å². The van der Waals surface area contributed by atoms with Gasteiger partial charge in [0.25, 0.3) is 5.91 Å². The molecule has 0 saturated carbocycles. The highest BCUT2D eigenvalue weighted by Gasteiger charge is 2.30. The maximum Gasteiger partial charge on any atom is 0.258 e. The van der Waals surface area contributed by atoms with Crippen LogP contribution < -0.4 is 19.5 Å². The lowest BCUT2D eigenvalue weighted by atomic mass is 10.0. The molecule has 0 spiro atoms. The minimum Gasteiger partial charge on any atom is -0.490 e. The molecule has 2 amide bonds. The molecule has 10 nitrogen and oxygen atoms in total. The van der Waals surface area contributed by atoms with Crippen molar-refractivity contribution in [1.82, 2.24) is 9.80 Å². The Morgan fingerprint density at radius 3 is 2.56 bits per heavy atom. The number of likely N-dealkylation sites (N-methyl/N-ethyl adjacent to an activating group) is 1. The van der Waals surface area contributed by atoms with Crippen LogP contribution in [-0.4, -0.2) is 85.1 Å². The predicted molar refractivity (Wildman–Crippen MR) is 185 cm³/mol. The van der Waals surface area contributed by atoms with E-state index in [1.165, 1.54) is 0 Å². The van der Waals surface area contributed by atoms with E-state index in [4.69, 9.17) is 18.9 Å². The quantitative estimate of drug-likeness (QED) is 0.309. The van der Waals surface area contributed by atoms with E-state index in [9.17, 15) is 14.7 Å². The number of hydrogen-bond donors (Lipinski definition) is 2. The van der Waals surface area contributed by atoms with Gasteiger partial charge in [0.05, 0.1) is 36.8 Å². The van der Waals surface area contributed by atoms with Crippen LogP contribution in [0.2, 0.25) is 0 Å². The minimum atomic E-state index is -0.457. The molecule has 0 bridgehead atoms. The van der Waals surface area contributed by atoms with Crippen molar-refractivity contribution in [3.8, 4) is 17.2 Å². The molecule has 5 rings (SSSR count). The number of carbonyl (C=O) groups is 2. The van der Waals surface area contributed by atoms with Crippen molar-refractivity contribution in [2.75, 3.05) is 45.5 Å². The summed E-state index contributed by atoms with van der Waals surface area (Å²) in [6.07, 6.45) is 2.52. The van der Waals surface area contributed by atoms with Crippen molar-refractivity contribution in [2.45, 2.75) is 71.2 Å². The second kappa shape index (κ2) is 16.8. The molecule has 0 saturated heterocycles. The van der Waals surface area contributed by atoms with Crippen molar-refractivity contribution >= 4 is 17.5 Å². The largest absolute Gasteiger partial charge is 0.490 e. The van der Waals surface area contributed by atoms with Crippen LogP contribution in [0.1, 0.15) is 61.5 Å². The Bertz CT molecular complexity index is 1520. The van der Waals surface area contributed by atoms with Crippen LogP contribution in [0.25, 0.3) is 0 Å². The minimum absolute atomic E-state index is 0.0536. The van der Waals surface area contributed by atoms with Gasteiger partial charge in [-0.15, -0.1) is 0 Å². The third kappa shape index (κ3) is 9.49. The molecule has 10 heteroatoms. The molecule has 2 aliphatic rings. The highest BCUT2D eigenvalue weighted by Crippen LogP contribution is 2.33. The lowest BCUT2D eigenvalue weighted by Gasteiger charge is -2.36. The maximum atomic E-state index is 14.4. The standard InChI is InChI=1S/C38H49N3O7/c1-26-21-41(27(2)24-42)38(44)32-20-31(39-37(43)19-29-11-6-5-7-12-29)14-16-33(32)48-28(3)10-8-9-17-45-36(26)23-40(4)22-30-13-15-34-35(18-30)47-25-46-34/h5-7,11-16,18,20,26-28,36,42H,8-10,17,19,21-25H2,1-4H3,(H,39,43)/t26-,27+,28+,36+/m1/s1. The fourth-order valence-electron chi connectivity index (χ4n) is 6.17. The van der Waals surface area contributed by atoms with Gasteiger partial charge in [0, 0.05) is 37.8 Å². The summed E-state index contributed by atoms with van der Waals surface area (Å²) >= 11 is 0. The number of ether oxygens (including phenoxy) is 4. The zero-order valence-electron chi connectivity index (χ0n) is 28.5. The van der Waals surface area contributed by atoms with Gasteiger partial charge < -0.3 is 34.3 Å². The molecule has 0 aliphatic carbocycles. The summed E-state index contributed by atoms with van der Waals surface area (Å²) < 4.78 is 23.9. The summed E-state index contributed by atoms with van der Waals surface area (Å²) in [6, 6.07) is 20.3. The van der Waals surface area contributed by atoms with E-state index < -0.39 is 6.04 Å². The number of fused-ring (bicyclic) bond motifs is 2. The van der Waals surface area contributed by atoms with Crippen LogP contribution in [0.3, 0.4) is 0 Å². The predicted octanol–water partition coefficient (Wildman–Crippen LogP) is 5.52. The van der Waals surface area contributed by atoms with Crippen molar-refractivity contribution in [3.05, 3.63) is 83.4 Å². The van der Waals surface area contributed by atoms with Crippen LogP contribution in [-0.2, 0) is 22.5 Å². The zero-order chi connectivity index (χ0) is 34.0. The number of nitrogens with zero attached hydrogens (tertiary/aromatic N) is 2. The van der Waals surface area contributed by atoms with Crippen LogP contribution in [0.4, 0.5) is 5.69 Å². The molecule has 2 N–H and O–H groups in total. The third-order valence-corrected chi connectivity index (χ3v) is 8.92. The van der Waals surface area contributed by atoms with Gasteiger partial charge in [-0.1, -0.05) is 43.3 Å². The van der Waals surface area contributed by atoms with E-state index in [1.807, 2.05) is 62.4 Å². The number of anilines is 1. The number of amides is 2. The Balaban J connectivity index is 1.36. The Labute approximate surface area is 283 Å². The fourth-order valence-corrected chi connectivity index (χ4v) is 6.17. The summed E-state index contributed by atoms with van der Waals surface area (Å²) in [7, 11) is 2.06. The van der Waals surface area contributed by atoms with Gasteiger partial charge in [-0.05, 0) is 81.6 Å². The molecule has 0 aromatic heterocycles. The molecule has 3 aromatic rings. The van der Waals surface area contributed by atoms with Crippen molar-refractivity contribution in [1.29, 1.82) is 0 Å². The smallest absolute Gasteiger partial charge is 0.258 e. The highest BCUT2D eigenvalue weighted by molar-refractivity contribution is 6.00. The number of nitrogens with one attached hydrogen (secondary N) is 1. The Kier molecular flexibility index (Phi) is 12.3. The first-order chi connectivity index (χ1) is 23.2. The summed E-state index contributed by atoms with van der Waals surface area (Å²) in [5, 5.41) is 13.2. The van der Waals surface area contributed by atoms with E-state index >= 15 is 0 Å². The first kappa shape index (κ1) is 35.2. The molecule has 2 aliphatic heterocycles. The first-order valence-corrected chi connectivity index (χ1v) is 16.9. The molecule has 0 radical (unpaired) electrons. The van der Waals surface area contributed by atoms with Crippen LogP contribution in [0, 0.1) is 5.92 Å². The zero-order valence-corrected chi connectivity index (χ0v) is 28.5. The van der Waals surface area contributed by atoms with Crippen LogP contribution in [0.5, 0.6) is 17.2 Å². The van der Waals surface area contributed by atoms with Crippen LogP contribution >= 0.6 is 0 Å². The number of hydrogen-bond acceptors (Lipinski definition) is 8. The summed E-state index contributed by atoms with van der Waals surface area (Å²) in [5.41, 5.74) is 2.87. The average molecular weight is 660 g/mol. The summed E-state index contributed by atoms with van der Waals surface area (Å²) in [5.74, 6) is 1.48. The van der Waals surface area contributed by atoms with E-state index in [0.29, 0.717) is 43.2 Å². The van der Waals surface area contributed by atoms with Crippen molar-refractivity contribution < 1.29 is 33.6 Å². The van der Waals surface area contributed by atoms with Gasteiger partial charge in [-0.3, -0.25) is 14.5 Å². The second-order valence-corrected chi connectivity index (χ2v) is 13.1. The summed E-state index contributed by atoms with van der Waals surface area (Å²) in [4.78, 5) is 31.2. The van der Waals surface area contributed by atoms with Gasteiger partial charge in [0.2, 0.25) is 12.7 Å². The number of rotatable bonds is 9. The molecule has 3 aromatic carbocycles. The Morgan fingerprint density at radius 1 is 1.00 bits per heavy atom. The summed E-state index contributed by atoms with van der Waals surface area (Å²) in [6.45, 7) is 8.28. The van der Waals surface area contributed by atoms with Gasteiger partial charge in [-0.25, -0.2) is 0 Å². The first-order valence-electron chi connectivity index (χ1n) is 16.9. The molecular weight excluding hydrogens is 610 g/mol. The molecule has 0 unspecified atom stereocenters. The number of benzene rings is 3.